The summed E-state index contributed by atoms with van der Waals surface area (Å²) in [7, 11) is 3.25. The molecule has 2 aromatic carbocycles. The van der Waals surface area contributed by atoms with Gasteiger partial charge in [0, 0.05) is 0 Å². The number of benzene rings is 2. The summed E-state index contributed by atoms with van der Waals surface area (Å²) in [6, 6.07) is 12.1. The summed E-state index contributed by atoms with van der Waals surface area (Å²) >= 11 is 0. The molecule has 0 aliphatic carbocycles. The van der Waals surface area contributed by atoms with Crippen LogP contribution in [0.1, 0.15) is 28.3 Å². The lowest BCUT2D eigenvalue weighted by molar-refractivity contribution is 0.354. The monoisotopic (exact) mass is 286 g/mol. The van der Waals surface area contributed by atoms with Gasteiger partial charge in [-0.25, -0.2) is 5.43 Å². The van der Waals surface area contributed by atoms with Crippen molar-refractivity contribution in [1.82, 2.24) is 5.43 Å². The standard InChI is InChI=1S/C17H22N2O2/c1-11-7-12(2)9-14(8-11)17(19-18)13-5-6-15(20-3)16(10-13)21-4/h5-10,17,19H,18H2,1-4H3. The van der Waals surface area contributed by atoms with Crippen LogP contribution >= 0.6 is 0 Å². The third-order valence-electron chi connectivity index (χ3n) is 3.48. The fourth-order valence-corrected chi connectivity index (χ4v) is 2.59. The van der Waals surface area contributed by atoms with Gasteiger partial charge in [-0.2, -0.15) is 0 Å². The van der Waals surface area contributed by atoms with Crippen molar-refractivity contribution >= 4 is 0 Å². The number of rotatable bonds is 5. The molecule has 0 radical (unpaired) electrons. The molecular weight excluding hydrogens is 264 g/mol. The van der Waals surface area contributed by atoms with E-state index in [1.54, 1.807) is 14.2 Å². The van der Waals surface area contributed by atoms with E-state index in [1.165, 1.54) is 11.1 Å². The Balaban J connectivity index is 2.45. The number of ether oxygens (including phenoxy) is 2. The van der Waals surface area contributed by atoms with Crippen LogP contribution in [0.5, 0.6) is 11.5 Å². The van der Waals surface area contributed by atoms with E-state index in [9.17, 15) is 0 Å². The van der Waals surface area contributed by atoms with Crippen molar-refractivity contribution in [2.45, 2.75) is 19.9 Å². The van der Waals surface area contributed by atoms with Gasteiger partial charge in [0.15, 0.2) is 11.5 Å². The van der Waals surface area contributed by atoms with Gasteiger partial charge in [0.25, 0.3) is 0 Å². The van der Waals surface area contributed by atoms with Crippen molar-refractivity contribution in [2.75, 3.05) is 14.2 Å². The third kappa shape index (κ3) is 3.35. The van der Waals surface area contributed by atoms with Gasteiger partial charge in [-0.1, -0.05) is 35.4 Å². The summed E-state index contributed by atoms with van der Waals surface area (Å²) in [6.07, 6.45) is 0. The lowest BCUT2D eigenvalue weighted by Crippen LogP contribution is -2.29. The number of hydrazine groups is 1. The minimum absolute atomic E-state index is 0.0941. The average molecular weight is 286 g/mol. The van der Waals surface area contributed by atoms with Crippen LogP contribution in [0.4, 0.5) is 0 Å². The average Bonchev–Trinajstić information content (AvgIpc) is 2.46. The van der Waals surface area contributed by atoms with E-state index in [4.69, 9.17) is 15.3 Å². The molecule has 21 heavy (non-hydrogen) atoms. The molecule has 0 heterocycles. The maximum atomic E-state index is 5.78. The number of aryl methyl sites for hydroxylation is 2. The van der Waals surface area contributed by atoms with Gasteiger partial charge < -0.3 is 9.47 Å². The molecule has 1 atom stereocenters. The summed E-state index contributed by atoms with van der Waals surface area (Å²) in [5, 5.41) is 0. The molecule has 0 saturated carbocycles. The highest BCUT2D eigenvalue weighted by Gasteiger charge is 2.15. The first kappa shape index (κ1) is 15.4. The highest BCUT2D eigenvalue weighted by molar-refractivity contribution is 5.46. The Morgan fingerprint density at radius 1 is 0.857 bits per heavy atom. The van der Waals surface area contributed by atoms with Gasteiger partial charge in [0.2, 0.25) is 0 Å². The Kier molecular flexibility index (Phi) is 4.83. The van der Waals surface area contributed by atoms with Crippen LogP contribution in [0.3, 0.4) is 0 Å². The van der Waals surface area contributed by atoms with Crippen LogP contribution < -0.4 is 20.7 Å². The van der Waals surface area contributed by atoms with Crippen molar-refractivity contribution in [1.29, 1.82) is 0 Å². The van der Waals surface area contributed by atoms with E-state index in [1.807, 2.05) is 18.2 Å². The van der Waals surface area contributed by atoms with Crippen molar-refractivity contribution in [3.63, 3.8) is 0 Å². The summed E-state index contributed by atoms with van der Waals surface area (Å²) in [4.78, 5) is 0. The maximum absolute atomic E-state index is 5.78. The van der Waals surface area contributed by atoms with Crippen molar-refractivity contribution in [3.8, 4) is 11.5 Å². The Morgan fingerprint density at radius 3 is 2.00 bits per heavy atom. The Labute approximate surface area is 125 Å². The highest BCUT2D eigenvalue weighted by Crippen LogP contribution is 2.32. The second kappa shape index (κ2) is 6.61. The number of methoxy groups -OCH3 is 2. The number of nitrogens with one attached hydrogen (secondary N) is 1. The molecule has 4 heteroatoms. The van der Waals surface area contributed by atoms with Gasteiger partial charge in [-0.05, 0) is 37.1 Å². The Bertz CT molecular complexity index is 606. The van der Waals surface area contributed by atoms with E-state index < -0.39 is 0 Å². The highest BCUT2D eigenvalue weighted by atomic mass is 16.5. The van der Waals surface area contributed by atoms with Gasteiger partial charge in [0.05, 0.1) is 20.3 Å². The molecular formula is C17H22N2O2. The number of hydrogen-bond donors (Lipinski definition) is 2. The van der Waals surface area contributed by atoms with Crippen LogP contribution in [0, 0.1) is 13.8 Å². The molecule has 0 fully saturated rings. The van der Waals surface area contributed by atoms with Crippen LogP contribution in [0.2, 0.25) is 0 Å². The molecule has 0 aliphatic heterocycles. The zero-order chi connectivity index (χ0) is 15.4. The minimum Gasteiger partial charge on any atom is -0.493 e. The topological polar surface area (TPSA) is 56.5 Å². The minimum atomic E-state index is -0.0941. The molecule has 112 valence electrons. The second-order valence-electron chi connectivity index (χ2n) is 5.14. The van der Waals surface area contributed by atoms with Crippen LogP contribution in [0.25, 0.3) is 0 Å². The predicted molar refractivity (Wildman–Crippen MR) is 84.6 cm³/mol. The smallest absolute Gasteiger partial charge is 0.161 e. The van der Waals surface area contributed by atoms with E-state index in [0.717, 1.165) is 11.1 Å². The Hall–Kier alpha value is -2.04. The first-order valence-corrected chi connectivity index (χ1v) is 6.85. The molecule has 0 aliphatic rings. The normalized spacial score (nSPS) is 12.0. The predicted octanol–water partition coefficient (Wildman–Crippen LogP) is 2.87. The fraction of sp³-hybridized carbons (Fsp3) is 0.294. The largest absolute Gasteiger partial charge is 0.493 e. The van der Waals surface area contributed by atoms with E-state index in [0.29, 0.717) is 11.5 Å². The zero-order valence-corrected chi connectivity index (χ0v) is 12.9. The second-order valence-corrected chi connectivity index (χ2v) is 5.14. The van der Waals surface area contributed by atoms with Gasteiger partial charge >= 0.3 is 0 Å². The van der Waals surface area contributed by atoms with Gasteiger partial charge in [-0.15, -0.1) is 0 Å². The van der Waals surface area contributed by atoms with Crippen molar-refractivity contribution < 1.29 is 9.47 Å². The van der Waals surface area contributed by atoms with Crippen molar-refractivity contribution in [2.24, 2.45) is 5.84 Å². The molecule has 2 rings (SSSR count). The molecule has 0 amide bonds. The van der Waals surface area contributed by atoms with Crippen LogP contribution in [-0.2, 0) is 0 Å². The molecule has 0 aromatic heterocycles. The summed E-state index contributed by atoms with van der Waals surface area (Å²) < 4.78 is 10.6. The zero-order valence-electron chi connectivity index (χ0n) is 12.9. The number of hydrogen-bond acceptors (Lipinski definition) is 4. The lowest BCUT2D eigenvalue weighted by atomic mass is 9.96. The maximum Gasteiger partial charge on any atom is 0.161 e. The molecule has 0 bridgehead atoms. The molecule has 0 spiro atoms. The molecule has 3 N–H and O–H groups in total. The summed E-state index contributed by atoms with van der Waals surface area (Å²) in [5.41, 5.74) is 7.46. The summed E-state index contributed by atoms with van der Waals surface area (Å²) in [5.74, 6) is 7.18. The summed E-state index contributed by atoms with van der Waals surface area (Å²) in [6.45, 7) is 4.16. The van der Waals surface area contributed by atoms with Gasteiger partial charge in [-0.3, -0.25) is 5.84 Å². The third-order valence-corrected chi connectivity index (χ3v) is 3.48. The Morgan fingerprint density at radius 2 is 1.48 bits per heavy atom. The van der Waals surface area contributed by atoms with E-state index in [2.05, 4.69) is 37.5 Å². The van der Waals surface area contributed by atoms with E-state index in [-0.39, 0.29) is 6.04 Å². The van der Waals surface area contributed by atoms with Crippen LogP contribution in [-0.4, -0.2) is 14.2 Å². The first-order valence-electron chi connectivity index (χ1n) is 6.85. The van der Waals surface area contributed by atoms with Gasteiger partial charge in [0.1, 0.15) is 0 Å². The first-order chi connectivity index (χ1) is 10.1. The SMILES string of the molecule is COc1ccc(C(NN)c2cc(C)cc(C)c2)cc1OC. The van der Waals surface area contributed by atoms with Crippen molar-refractivity contribution in [3.05, 3.63) is 58.7 Å². The quantitative estimate of drug-likeness (QED) is 0.655. The molecule has 4 nitrogen and oxygen atoms in total. The van der Waals surface area contributed by atoms with E-state index >= 15 is 0 Å². The molecule has 2 aromatic rings. The fourth-order valence-electron chi connectivity index (χ4n) is 2.59. The molecule has 0 saturated heterocycles. The van der Waals surface area contributed by atoms with Crippen LogP contribution in [0.15, 0.2) is 36.4 Å². The molecule has 1 unspecified atom stereocenters. The lowest BCUT2D eigenvalue weighted by Gasteiger charge is -2.19. The number of nitrogens with two attached hydrogens (primary N) is 1.